The Hall–Kier alpha value is -2.45. The van der Waals surface area contributed by atoms with Crippen molar-refractivity contribution in [3.05, 3.63) is 52.5 Å². The molecule has 0 unspecified atom stereocenters. The highest BCUT2D eigenvalue weighted by atomic mass is 79.9. The van der Waals surface area contributed by atoms with Gasteiger partial charge in [-0.05, 0) is 83.5 Å². The second-order valence-corrected chi connectivity index (χ2v) is 8.60. The highest BCUT2D eigenvalue weighted by Gasteiger charge is 2.11. The van der Waals surface area contributed by atoms with Crippen molar-refractivity contribution in [3.8, 4) is 5.75 Å². The van der Waals surface area contributed by atoms with Crippen LogP contribution in [0.15, 0.2) is 46.9 Å². The number of hydrogen-bond acceptors (Lipinski definition) is 4. The standard InChI is InChI=1S/C24H30BrN3O3S/c1-3-5-6-7-15-31-21-14-9-17(16-20(21)25)23(30)28-24(32)27-19-12-10-18(11-13-19)26-22(29)8-4-2/h9-14,16H,3-8,15H2,1-2H3,(H,26,29)(H2,27,28,30,32). The van der Waals surface area contributed by atoms with E-state index in [1.165, 1.54) is 12.8 Å². The average molecular weight is 520 g/mol. The molecule has 2 amide bonds. The molecule has 3 N–H and O–H groups in total. The van der Waals surface area contributed by atoms with E-state index >= 15 is 0 Å². The summed E-state index contributed by atoms with van der Waals surface area (Å²) in [6, 6.07) is 12.3. The third-order valence-electron chi connectivity index (χ3n) is 4.58. The molecule has 172 valence electrons. The second-order valence-electron chi connectivity index (χ2n) is 7.34. The zero-order valence-corrected chi connectivity index (χ0v) is 20.9. The first-order valence-corrected chi connectivity index (χ1v) is 12.1. The minimum atomic E-state index is -0.318. The molecule has 0 aromatic heterocycles. The van der Waals surface area contributed by atoms with Crippen LogP contribution in [0.25, 0.3) is 0 Å². The van der Waals surface area contributed by atoms with E-state index in [-0.39, 0.29) is 16.9 Å². The maximum Gasteiger partial charge on any atom is 0.257 e. The van der Waals surface area contributed by atoms with Gasteiger partial charge in [0.15, 0.2) is 5.11 Å². The predicted molar refractivity (Wildman–Crippen MR) is 137 cm³/mol. The maximum atomic E-state index is 12.5. The SMILES string of the molecule is CCCCCCOc1ccc(C(=O)NC(=S)Nc2ccc(NC(=O)CCC)cc2)cc1Br. The Labute approximate surface area is 203 Å². The summed E-state index contributed by atoms with van der Waals surface area (Å²) in [6.07, 6.45) is 5.83. The van der Waals surface area contributed by atoms with Crippen molar-refractivity contribution in [3.63, 3.8) is 0 Å². The number of anilines is 2. The van der Waals surface area contributed by atoms with Gasteiger partial charge in [-0.15, -0.1) is 0 Å². The first-order valence-electron chi connectivity index (χ1n) is 10.9. The van der Waals surface area contributed by atoms with Crippen molar-refractivity contribution in [1.29, 1.82) is 0 Å². The number of amides is 2. The van der Waals surface area contributed by atoms with Gasteiger partial charge in [-0.1, -0.05) is 33.1 Å². The Bertz CT molecular complexity index is 919. The number of carbonyl (C=O) groups is 2. The van der Waals surface area contributed by atoms with Crippen LogP contribution in [0.4, 0.5) is 11.4 Å². The largest absolute Gasteiger partial charge is 0.492 e. The van der Waals surface area contributed by atoms with Gasteiger partial charge >= 0.3 is 0 Å². The molecule has 0 radical (unpaired) electrons. The van der Waals surface area contributed by atoms with Crippen LogP contribution < -0.4 is 20.7 Å². The summed E-state index contributed by atoms with van der Waals surface area (Å²) in [5.41, 5.74) is 1.88. The minimum Gasteiger partial charge on any atom is -0.492 e. The third-order valence-corrected chi connectivity index (χ3v) is 5.40. The van der Waals surface area contributed by atoms with Crippen LogP contribution >= 0.6 is 28.1 Å². The fourth-order valence-electron chi connectivity index (χ4n) is 2.90. The Balaban J connectivity index is 1.84. The van der Waals surface area contributed by atoms with E-state index < -0.39 is 0 Å². The molecule has 8 heteroatoms. The van der Waals surface area contributed by atoms with Crippen molar-refractivity contribution in [1.82, 2.24) is 5.32 Å². The first-order chi connectivity index (χ1) is 15.4. The van der Waals surface area contributed by atoms with E-state index in [9.17, 15) is 9.59 Å². The zero-order chi connectivity index (χ0) is 23.3. The Morgan fingerprint density at radius 3 is 2.25 bits per heavy atom. The second kappa shape index (κ2) is 13.9. The van der Waals surface area contributed by atoms with Crippen molar-refractivity contribution in [2.24, 2.45) is 0 Å². The molecule has 0 aliphatic heterocycles. The molecule has 0 saturated heterocycles. The van der Waals surface area contributed by atoms with Gasteiger partial charge in [-0.2, -0.15) is 0 Å². The smallest absolute Gasteiger partial charge is 0.257 e. The molecular formula is C24H30BrN3O3S. The molecule has 2 aromatic carbocycles. The van der Waals surface area contributed by atoms with Crippen LogP contribution in [0.2, 0.25) is 0 Å². The molecule has 32 heavy (non-hydrogen) atoms. The van der Waals surface area contributed by atoms with E-state index in [4.69, 9.17) is 17.0 Å². The molecule has 2 aromatic rings. The van der Waals surface area contributed by atoms with E-state index in [2.05, 4.69) is 38.8 Å². The molecule has 2 rings (SSSR count). The van der Waals surface area contributed by atoms with E-state index in [0.29, 0.717) is 35.7 Å². The van der Waals surface area contributed by atoms with Crippen LogP contribution in [0.1, 0.15) is 62.7 Å². The van der Waals surface area contributed by atoms with Crippen LogP contribution in [-0.4, -0.2) is 23.5 Å². The molecule has 0 aliphatic rings. The number of carbonyl (C=O) groups excluding carboxylic acids is 2. The van der Waals surface area contributed by atoms with Crippen LogP contribution in [0, 0.1) is 0 Å². The van der Waals surface area contributed by atoms with Gasteiger partial charge in [0.2, 0.25) is 5.91 Å². The number of benzene rings is 2. The molecule has 0 bridgehead atoms. The molecule has 6 nitrogen and oxygen atoms in total. The lowest BCUT2D eigenvalue weighted by atomic mass is 10.2. The molecular weight excluding hydrogens is 490 g/mol. The molecule has 0 fully saturated rings. The number of nitrogens with one attached hydrogen (secondary N) is 3. The first kappa shape index (κ1) is 25.8. The predicted octanol–water partition coefficient (Wildman–Crippen LogP) is 6.27. The Kier molecular flexibility index (Phi) is 11.2. The van der Waals surface area contributed by atoms with Crippen molar-refractivity contribution in [2.75, 3.05) is 17.2 Å². The third kappa shape index (κ3) is 8.96. The van der Waals surface area contributed by atoms with Gasteiger partial charge in [0.25, 0.3) is 5.91 Å². The lowest BCUT2D eigenvalue weighted by molar-refractivity contribution is -0.116. The molecule has 0 atom stereocenters. The number of hydrogen-bond donors (Lipinski definition) is 3. The fraction of sp³-hybridized carbons (Fsp3) is 0.375. The highest BCUT2D eigenvalue weighted by Crippen LogP contribution is 2.26. The van der Waals surface area contributed by atoms with E-state index in [0.717, 1.165) is 23.7 Å². The molecule has 0 spiro atoms. The zero-order valence-electron chi connectivity index (χ0n) is 18.5. The summed E-state index contributed by atoms with van der Waals surface area (Å²) in [6.45, 7) is 4.78. The maximum absolute atomic E-state index is 12.5. The number of halogens is 1. The summed E-state index contributed by atoms with van der Waals surface area (Å²) < 4.78 is 6.50. The number of unbranched alkanes of at least 4 members (excludes halogenated alkanes) is 3. The van der Waals surface area contributed by atoms with Gasteiger partial charge in [0, 0.05) is 23.4 Å². The van der Waals surface area contributed by atoms with Crippen LogP contribution in [0.3, 0.4) is 0 Å². The number of thiocarbonyl (C=S) groups is 1. The lowest BCUT2D eigenvalue weighted by Crippen LogP contribution is -2.34. The van der Waals surface area contributed by atoms with Gasteiger partial charge in [0.1, 0.15) is 5.75 Å². The monoisotopic (exact) mass is 519 g/mol. The van der Waals surface area contributed by atoms with Crippen molar-refractivity contribution >= 4 is 56.4 Å². The van der Waals surface area contributed by atoms with E-state index in [1.54, 1.807) is 42.5 Å². The summed E-state index contributed by atoms with van der Waals surface area (Å²) in [7, 11) is 0. The fourth-order valence-corrected chi connectivity index (χ4v) is 3.60. The van der Waals surface area contributed by atoms with E-state index in [1.807, 2.05) is 6.92 Å². The highest BCUT2D eigenvalue weighted by molar-refractivity contribution is 9.10. The summed E-state index contributed by atoms with van der Waals surface area (Å²) in [4.78, 5) is 24.2. The van der Waals surface area contributed by atoms with Crippen molar-refractivity contribution < 1.29 is 14.3 Å². The minimum absolute atomic E-state index is 0.0185. The quantitative estimate of drug-likeness (QED) is 0.240. The summed E-state index contributed by atoms with van der Waals surface area (Å²) >= 11 is 8.72. The summed E-state index contributed by atoms with van der Waals surface area (Å²) in [5.74, 6) is 0.376. The average Bonchev–Trinajstić information content (AvgIpc) is 2.76. The lowest BCUT2D eigenvalue weighted by Gasteiger charge is -2.12. The number of rotatable bonds is 11. The van der Waals surface area contributed by atoms with Crippen LogP contribution in [0.5, 0.6) is 5.75 Å². The normalized spacial score (nSPS) is 10.3. The van der Waals surface area contributed by atoms with Crippen LogP contribution in [-0.2, 0) is 4.79 Å². The van der Waals surface area contributed by atoms with Gasteiger partial charge < -0.3 is 15.4 Å². The summed E-state index contributed by atoms with van der Waals surface area (Å²) in [5, 5.41) is 8.65. The van der Waals surface area contributed by atoms with Gasteiger partial charge in [-0.3, -0.25) is 14.9 Å². The van der Waals surface area contributed by atoms with Gasteiger partial charge in [-0.25, -0.2) is 0 Å². The molecule has 0 heterocycles. The molecule has 0 saturated carbocycles. The van der Waals surface area contributed by atoms with Gasteiger partial charge in [0.05, 0.1) is 11.1 Å². The molecule has 0 aliphatic carbocycles. The van der Waals surface area contributed by atoms with Crippen molar-refractivity contribution in [2.45, 2.75) is 52.4 Å². The topological polar surface area (TPSA) is 79.5 Å². The number of ether oxygens (including phenoxy) is 1. The Morgan fingerprint density at radius 2 is 1.62 bits per heavy atom. The Morgan fingerprint density at radius 1 is 0.938 bits per heavy atom.